The number of nitrogens with one attached hydrogen (secondary N) is 2. The summed E-state index contributed by atoms with van der Waals surface area (Å²) in [4.78, 5) is 4.85. The zero-order chi connectivity index (χ0) is 18.3. The Balaban J connectivity index is 1.86. The first-order valence-electron chi connectivity index (χ1n) is 8.86. The number of hydrogen-bond donors (Lipinski definition) is 3. The summed E-state index contributed by atoms with van der Waals surface area (Å²) in [6.45, 7) is 3.87. The third kappa shape index (κ3) is 6.32. The molecule has 0 aromatic heterocycles. The van der Waals surface area contributed by atoms with Gasteiger partial charge >= 0.3 is 0 Å². The van der Waals surface area contributed by atoms with Gasteiger partial charge in [0.2, 0.25) is 0 Å². The summed E-state index contributed by atoms with van der Waals surface area (Å²) in [5, 5.41) is 16.8. The number of aliphatic imine (C=N–C) groups is 1. The lowest BCUT2D eigenvalue weighted by Crippen LogP contribution is -2.40. The Kier molecular flexibility index (Phi) is 6.84. The third-order valence-corrected chi connectivity index (χ3v) is 5.60. The van der Waals surface area contributed by atoms with Gasteiger partial charge in [0.05, 0.1) is 17.0 Å². The molecule has 0 spiro atoms. The molecule has 1 fully saturated rings. The van der Waals surface area contributed by atoms with Crippen LogP contribution in [0.5, 0.6) is 0 Å². The molecule has 7 heteroatoms. The largest absolute Gasteiger partial charge is 0.388 e. The Bertz CT molecular complexity index is 678. The van der Waals surface area contributed by atoms with Crippen molar-refractivity contribution in [3.8, 4) is 0 Å². The fourth-order valence-corrected chi connectivity index (χ4v) is 3.62. The normalized spacial score (nSPS) is 17.5. The van der Waals surface area contributed by atoms with Crippen molar-refractivity contribution in [3.63, 3.8) is 0 Å². The van der Waals surface area contributed by atoms with Gasteiger partial charge in [-0.25, -0.2) is 8.42 Å². The maximum Gasteiger partial charge on any atom is 0.191 e. The van der Waals surface area contributed by atoms with Crippen molar-refractivity contribution in [3.05, 3.63) is 29.8 Å². The van der Waals surface area contributed by atoms with E-state index in [0.717, 1.165) is 44.2 Å². The van der Waals surface area contributed by atoms with E-state index in [2.05, 4.69) is 15.6 Å². The number of hydrogen-bond acceptors (Lipinski definition) is 4. The van der Waals surface area contributed by atoms with E-state index in [4.69, 9.17) is 0 Å². The van der Waals surface area contributed by atoms with E-state index in [9.17, 15) is 13.5 Å². The van der Waals surface area contributed by atoms with Gasteiger partial charge in [-0.3, -0.25) is 4.99 Å². The molecule has 2 rings (SSSR count). The molecule has 0 heterocycles. The van der Waals surface area contributed by atoms with E-state index < -0.39 is 15.4 Å². The summed E-state index contributed by atoms with van der Waals surface area (Å²) in [5.74, 6) is 0.704. The van der Waals surface area contributed by atoms with E-state index >= 15 is 0 Å². The molecule has 3 N–H and O–H groups in total. The zero-order valence-corrected chi connectivity index (χ0v) is 15.9. The number of rotatable bonds is 7. The van der Waals surface area contributed by atoms with Crippen LogP contribution in [0, 0.1) is 0 Å². The van der Waals surface area contributed by atoms with Crippen LogP contribution in [0.3, 0.4) is 0 Å². The topological polar surface area (TPSA) is 90.8 Å². The smallest absolute Gasteiger partial charge is 0.191 e. The van der Waals surface area contributed by atoms with Crippen LogP contribution >= 0.6 is 0 Å². The monoisotopic (exact) mass is 367 g/mol. The molecular weight excluding hydrogens is 338 g/mol. The molecule has 140 valence electrons. The Morgan fingerprint density at radius 2 is 1.84 bits per heavy atom. The second-order valence-corrected chi connectivity index (χ2v) is 8.74. The van der Waals surface area contributed by atoms with Gasteiger partial charge in [-0.05, 0) is 43.9 Å². The zero-order valence-electron chi connectivity index (χ0n) is 15.1. The minimum Gasteiger partial charge on any atom is -0.388 e. The van der Waals surface area contributed by atoms with E-state index in [0.29, 0.717) is 23.9 Å². The van der Waals surface area contributed by atoms with Gasteiger partial charge in [-0.1, -0.05) is 25.0 Å². The molecule has 1 saturated carbocycles. The maximum atomic E-state index is 11.5. The van der Waals surface area contributed by atoms with Crippen LogP contribution in [0.25, 0.3) is 0 Å². The maximum absolute atomic E-state index is 11.5. The molecule has 0 unspecified atom stereocenters. The van der Waals surface area contributed by atoms with Gasteiger partial charge in [0, 0.05) is 19.3 Å². The van der Waals surface area contributed by atoms with Gasteiger partial charge in [0.1, 0.15) is 0 Å². The van der Waals surface area contributed by atoms with Gasteiger partial charge < -0.3 is 15.7 Å². The third-order valence-electron chi connectivity index (χ3n) is 4.47. The van der Waals surface area contributed by atoms with Crippen molar-refractivity contribution < 1.29 is 13.5 Å². The highest BCUT2D eigenvalue weighted by molar-refractivity contribution is 7.90. The van der Waals surface area contributed by atoms with Crippen molar-refractivity contribution in [2.45, 2.75) is 49.5 Å². The summed E-state index contributed by atoms with van der Waals surface area (Å²) in [5.41, 5.74) is 0.411. The quantitative estimate of drug-likeness (QED) is 0.502. The Labute approximate surface area is 150 Å². The SMILES string of the molecule is CCNC(=NCC1(O)CCCC1)NCCc1ccc(S(C)(=O)=O)cc1. The number of sulfone groups is 1. The second kappa shape index (κ2) is 8.67. The Morgan fingerprint density at radius 3 is 2.40 bits per heavy atom. The van der Waals surface area contributed by atoms with Crippen LogP contribution in [0.2, 0.25) is 0 Å². The number of aliphatic hydroxyl groups is 1. The molecule has 1 aromatic carbocycles. The lowest BCUT2D eigenvalue weighted by Gasteiger charge is -2.20. The average molecular weight is 368 g/mol. The molecule has 25 heavy (non-hydrogen) atoms. The Morgan fingerprint density at radius 1 is 1.20 bits per heavy atom. The highest BCUT2D eigenvalue weighted by Crippen LogP contribution is 2.29. The predicted molar refractivity (Wildman–Crippen MR) is 101 cm³/mol. The van der Waals surface area contributed by atoms with E-state index in [1.165, 1.54) is 6.26 Å². The van der Waals surface area contributed by atoms with Crippen LogP contribution in [0.4, 0.5) is 0 Å². The van der Waals surface area contributed by atoms with Crippen LogP contribution in [0.1, 0.15) is 38.2 Å². The van der Waals surface area contributed by atoms with Crippen LogP contribution < -0.4 is 10.6 Å². The fraction of sp³-hybridized carbons (Fsp3) is 0.611. The summed E-state index contributed by atoms with van der Waals surface area (Å²) >= 11 is 0. The molecular formula is C18H29N3O3S. The molecule has 1 aliphatic rings. The molecule has 1 aromatic rings. The molecule has 1 aliphatic carbocycles. The van der Waals surface area contributed by atoms with E-state index in [1.54, 1.807) is 12.1 Å². The summed E-state index contributed by atoms with van der Waals surface area (Å²) in [7, 11) is -3.15. The van der Waals surface area contributed by atoms with Gasteiger partial charge in [-0.15, -0.1) is 0 Å². The lowest BCUT2D eigenvalue weighted by molar-refractivity contribution is 0.0574. The van der Waals surface area contributed by atoms with Crippen LogP contribution in [-0.2, 0) is 16.3 Å². The first kappa shape index (κ1) is 19.7. The van der Waals surface area contributed by atoms with Crippen molar-refractivity contribution in [1.29, 1.82) is 0 Å². The van der Waals surface area contributed by atoms with Crippen molar-refractivity contribution >= 4 is 15.8 Å². The number of guanidine groups is 1. The summed E-state index contributed by atoms with van der Waals surface area (Å²) < 4.78 is 22.9. The van der Waals surface area contributed by atoms with E-state index in [-0.39, 0.29) is 0 Å². The number of nitrogens with zero attached hydrogens (tertiary/aromatic N) is 1. The van der Waals surface area contributed by atoms with Crippen LogP contribution in [-0.4, -0.2) is 51.0 Å². The molecule has 0 amide bonds. The van der Waals surface area contributed by atoms with Crippen molar-refractivity contribution in [1.82, 2.24) is 10.6 Å². The second-order valence-electron chi connectivity index (χ2n) is 6.72. The molecule has 0 saturated heterocycles. The minimum atomic E-state index is -3.15. The summed E-state index contributed by atoms with van der Waals surface area (Å²) in [6.07, 6.45) is 5.75. The molecule has 6 nitrogen and oxygen atoms in total. The first-order valence-corrected chi connectivity index (χ1v) is 10.8. The average Bonchev–Trinajstić information content (AvgIpc) is 2.99. The van der Waals surface area contributed by atoms with Gasteiger partial charge in [-0.2, -0.15) is 0 Å². The fourth-order valence-electron chi connectivity index (χ4n) is 2.99. The lowest BCUT2D eigenvalue weighted by atomic mass is 10.0. The molecule has 0 bridgehead atoms. The van der Waals surface area contributed by atoms with Gasteiger partial charge in [0.25, 0.3) is 0 Å². The highest BCUT2D eigenvalue weighted by Gasteiger charge is 2.30. The van der Waals surface area contributed by atoms with Crippen molar-refractivity contribution in [2.75, 3.05) is 25.9 Å². The van der Waals surface area contributed by atoms with E-state index in [1.807, 2.05) is 19.1 Å². The highest BCUT2D eigenvalue weighted by atomic mass is 32.2. The van der Waals surface area contributed by atoms with Crippen molar-refractivity contribution in [2.24, 2.45) is 4.99 Å². The Hall–Kier alpha value is -1.60. The minimum absolute atomic E-state index is 0.337. The van der Waals surface area contributed by atoms with Crippen LogP contribution in [0.15, 0.2) is 34.2 Å². The van der Waals surface area contributed by atoms with Gasteiger partial charge in [0.15, 0.2) is 15.8 Å². The predicted octanol–water partition coefficient (Wildman–Crippen LogP) is 1.49. The standard InChI is InChI=1S/C18H29N3O3S/c1-3-19-17(21-14-18(22)11-4-5-12-18)20-13-10-15-6-8-16(9-7-15)25(2,23)24/h6-9,22H,3-5,10-14H2,1-2H3,(H2,19,20,21). The molecule has 0 aliphatic heterocycles. The first-order chi connectivity index (χ1) is 11.8. The molecule has 0 atom stereocenters. The number of benzene rings is 1. The summed E-state index contributed by atoms with van der Waals surface area (Å²) in [6, 6.07) is 6.95. The molecule has 0 radical (unpaired) electrons.